The highest BCUT2D eigenvalue weighted by Gasteiger charge is 2.13. The number of likely N-dealkylation sites (N-methyl/N-ethyl adjacent to an activating group) is 1. The average molecular weight is 231 g/mol. The largest absolute Gasteiger partial charge is 0.460 e. The van der Waals surface area contributed by atoms with Crippen molar-refractivity contribution in [3.05, 3.63) is 54.6 Å². The molecule has 1 atom stereocenters. The van der Waals surface area contributed by atoms with Crippen LogP contribution in [-0.4, -0.2) is 25.7 Å². The molecule has 1 unspecified atom stereocenters. The van der Waals surface area contributed by atoms with Gasteiger partial charge in [0.1, 0.15) is 12.6 Å². The molecule has 0 saturated carbocycles. The van der Waals surface area contributed by atoms with Gasteiger partial charge in [0.2, 0.25) is 0 Å². The lowest BCUT2D eigenvalue weighted by Crippen LogP contribution is -2.33. The topological polar surface area (TPSA) is 38.3 Å². The smallest absolute Gasteiger partial charge is 0.327 e. The van der Waals surface area contributed by atoms with Crippen molar-refractivity contribution in [2.45, 2.75) is 6.04 Å². The fourth-order valence-electron chi connectivity index (χ4n) is 1.29. The predicted molar refractivity (Wildman–Crippen MR) is 69.5 cm³/mol. The van der Waals surface area contributed by atoms with Gasteiger partial charge in [-0.1, -0.05) is 55.1 Å². The van der Waals surface area contributed by atoms with Crippen molar-refractivity contribution in [3.8, 4) is 0 Å². The first kappa shape index (κ1) is 13.2. The molecular weight excluding hydrogens is 214 g/mol. The van der Waals surface area contributed by atoms with E-state index >= 15 is 0 Å². The third kappa shape index (κ3) is 4.66. The van der Waals surface area contributed by atoms with E-state index in [9.17, 15) is 4.79 Å². The summed E-state index contributed by atoms with van der Waals surface area (Å²) in [5, 5.41) is 2.89. The van der Waals surface area contributed by atoms with Crippen LogP contribution >= 0.6 is 0 Å². The molecule has 0 aromatic heterocycles. The summed E-state index contributed by atoms with van der Waals surface area (Å²) in [6, 6.07) is 9.35. The van der Waals surface area contributed by atoms with Crippen molar-refractivity contribution >= 4 is 12.0 Å². The number of carbonyl (C=O) groups excluding carboxylic acids is 1. The van der Waals surface area contributed by atoms with Crippen LogP contribution in [0.2, 0.25) is 0 Å². The van der Waals surface area contributed by atoms with Crippen LogP contribution in [0.4, 0.5) is 0 Å². The lowest BCUT2D eigenvalue weighted by molar-refractivity contribution is -0.143. The monoisotopic (exact) mass is 231 g/mol. The Morgan fingerprint density at radius 3 is 2.76 bits per heavy atom. The van der Waals surface area contributed by atoms with Gasteiger partial charge in [-0.2, -0.15) is 0 Å². The van der Waals surface area contributed by atoms with Crippen molar-refractivity contribution in [2.24, 2.45) is 0 Å². The molecule has 1 rings (SSSR count). The molecule has 0 amide bonds. The summed E-state index contributed by atoms with van der Waals surface area (Å²) < 4.78 is 4.96. The first-order valence-electron chi connectivity index (χ1n) is 5.46. The molecule has 0 aliphatic heterocycles. The summed E-state index contributed by atoms with van der Waals surface area (Å²) in [4.78, 5) is 11.6. The Labute approximate surface area is 102 Å². The Morgan fingerprint density at radius 2 is 2.18 bits per heavy atom. The van der Waals surface area contributed by atoms with Gasteiger partial charge in [-0.05, 0) is 12.6 Å². The predicted octanol–water partition coefficient (Wildman–Crippen LogP) is 2.02. The van der Waals surface area contributed by atoms with E-state index < -0.39 is 6.04 Å². The van der Waals surface area contributed by atoms with Gasteiger partial charge in [-0.25, -0.2) is 4.79 Å². The van der Waals surface area contributed by atoms with Crippen LogP contribution in [0.1, 0.15) is 5.56 Å². The number of hydrogen-bond donors (Lipinski definition) is 1. The van der Waals surface area contributed by atoms with E-state index in [1.54, 1.807) is 19.2 Å². The molecule has 0 aliphatic rings. The van der Waals surface area contributed by atoms with Gasteiger partial charge in [-0.15, -0.1) is 0 Å². The summed E-state index contributed by atoms with van der Waals surface area (Å²) >= 11 is 0. The van der Waals surface area contributed by atoms with Gasteiger partial charge >= 0.3 is 5.97 Å². The van der Waals surface area contributed by atoms with Crippen molar-refractivity contribution in [1.82, 2.24) is 5.32 Å². The minimum Gasteiger partial charge on any atom is -0.460 e. The molecule has 0 radical (unpaired) electrons. The van der Waals surface area contributed by atoms with E-state index in [0.29, 0.717) is 0 Å². The average Bonchev–Trinajstić information content (AvgIpc) is 2.38. The first-order valence-corrected chi connectivity index (χ1v) is 5.46. The Hall–Kier alpha value is -1.87. The number of carbonyl (C=O) groups is 1. The molecule has 0 bridgehead atoms. The molecule has 90 valence electrons. The Bertz CT molecular complexity index is 384. The van der Waals surface area contributed by atoms with Crippen LogP contribution in [0.5, 0.6) is 0 Å². The highest BCUT2D eigenvalue weighted by atomic mass is 16.5. The minimum absolute atomic E-state index is 0.232. The van der Waals surface area contributed by atoms with Crippen LogP contribution < -0.4 is 5.32 Å². The number of esters is 1. The normalized spacial score (nSPS) is 12.3. The van der Waals surface area contributed by atoms with E-state index in [-0.39, 0.29) is 12.6 Å². The number of rotatable bonds is 6. The second kappa shape index (κ2) is 7.41. The molecule has 0 aliphatic carbocycles. The summed E-state index contributed by atoms with van der Waals surface area (Å²) in [5.74, 6) is -0.306. The van der Waals surface area contributed by atoms with Gasteiger partial charge in [0.25, 0.3) is 0 Å². The van der Waals surface area contributed by atoms with Crippen LogP contribution in [0.15, 0.2) is 49.1 Å². The lowest BCUT2D eigenvalue weighted by atomic mass is 10.2. The number of ether oxygens (including phenoxy) is 1. The van der Waals surface area contributed by atoms with E-state index in [1.165, 1.54) is 0 Å². The zero-order valence-corrected chi connectivity index (χ0v) is 9.93. The van der Waals surface area contributed by atoms with Gasteiger partial charge in [0.15, 0.2) is 0 Å². The van der Waals surface area contributed by atoms with E-state index in [4.69, 9.17) is 4.74 Å². The van der Waals surface area contributed by atoms with Crippen molar-refractivity contribution < 1.29 is 9.53 Å². The van der Waals surface area contributed by atoms with Crippen LogP contribution in [-0.2, 0) is 9.53 Å². The summed E-state index contributed by atoms with van der Waals surface area (Å²) in [7, 11) is 1.72. The van der Waals surface area contributed by atoms with E-state index in [2.05, 4.69) is 11.9 Å². The lowest BCUT2D eigenvalue weighted by Gasteiger charge is -2.10. The molecule has 0 saturated heterocycles. The third-order valence-electron chi connectivity index (χ3n) is 2.19. The summed E-state index contributed by atoms with van der Waals surface area (Å²) in [5.41, 5.74) is 1.05. The third-order valence-corrected chi connectivity index (χ3v) is 2.19. The van der Waals surface area contributed by atoms with Gasteiger partial charge in [0.05, 0.1) is 0 Å². The molecule has 1 aromatic rings. The van der Waals surface area contributed by atoms with E-state index in [0.717, 1.165) is 5.56 Å². The fourth-order valence-corrected chi connectivity index (χ4v) is 1.29. The fraction of sp³-hybridized carbons (Fsp3) is 0.214. The minimum atomic E-state index is -0.435. The molecule has 0 heterocycles. The van der Waals surface area contributed by atoms with Crippen molar-refractivity contribution in [3.63, 3.8) is 0 Å². The Balaban J connectivity index is 2.60. The van der Waals surface area contributed by atoms with Gasteiger partial charge in [-0.3, -0.25) is 0 Å². The maximum Gasteiger partial charge on any atom is 0.327 e. The van der Waals surface area contributed by atoms with Crippen molar-refractivity contribution in [1.29, 1.82) is 0 Å². The number of nitrogens with one attached hydrogen (secondary N) is 1. The van der Waals surface area contributed by atoms with Crippen LogP contribution in [0.25, 0.3) is 6.08 Å². The summed E-state index contributed by atoms with van der Waals surface area (Å²) in [6.07, 6.45) is 5.21. The summed E-state index contributed by atoms with van der Waals surface area (Å²) in [6.45, 7) is 3.73. The molecular formula is C14H17NO2. The Morgan fingerprint density at radius 1 is 1.47 bits per heavy atom. The maximum absolute atomic E-state index is 11.6. The molecule has 1 N–H and O–H groups in total. The number of hydrogen-bond acceptors (Lipinski definition) is 3. The second-order valence-electron chi connectivity index (χ2n) is 3.45. The highest BCUT2D eigenvalue weighted by Crippen LogP contribution is 2.02. The molecule has 17 heavy (non-hydrogen) atoms. The van der Waals surface area contributed by atoms with Crippen LogP contribution in [0, 0.1) is 0 Å². The zero-order chi connectivity index (χ0) is 12.5. The van der Waals surface area contributed by atoms with Crippen molar-refractivity contribution in [2.75, 3.05) is 13.7 Å². The Kier molecular flexibility index (Phi) is 5.75. The highest BCUT2D eigenvalue weighted by molar-refractivity contribution is 5.79. The molecule has 3 nitrogen and oxygen atoms in total. The van der Waals surface area contributed by atoms with E-state index in [1.807, 2.05) is 36.4 Å². The molecule has 0 fully saturated rings. The second-order valence-corrected chi connectivity index (χ2v) is 3.45. The SMILES string of the molecule is C=CCOC(=O)C(C=Cc1ccccc1)NC. The quantitative estimate of drug-likeness (QED) is 0.601. The molecule has 1 aromatic carbocycles. The van der Waals surface area contributed by atoms with Gasteiger partial charge < -0.3 is 10.1 Å². The first-order chi connectivity index (χ1) is 8.27. The maximum atomic E-state index is 11.6. The van der Waals surface area contributed by atoms with Crippen LogP contribution in [0.3, 0.4) is 0 Å². The zero-order valence-electron chi connectivity index (χ0n) is 9.93. The molecule has 3 heteroatoms. The van der Waals surface area contributed by atoms with Gasteiger partial charge in [0, 0.05) is 0 Å². The molecule has 0 spiro atoms. The number of benzene rings is 1. The standard InChI is InChI=1S/C14H17NO2/c1-3-11-17-14(16)13(15-2)10-9-12-7-5-4-6-8-12/h3-10,13,15H,1,11H2,2H3.